The van der Waals surface area contributed by atoms with Gasteiger partial charge in [-0.15, -0.1) is 0 Å². The van der Waals surface area contributed by atoms with Gasteiger partial charge in [0, 0.05) is 13.1 Å². The molecule has 0 bridgehead atoms. The Balaban J connectivity index is 2.22. The topological polar surface area (TPSA) is 57.2 Å². The lowest BCUT2D eigenvalue weighted by molar-refractivity contribution is -0.142. The van der Waals surface area contributed by atoms with Crippen molar-refractivity contribution < 1.29 is 23.7 Å². The number of nitrogens with zero attached hydrogens (tertiary/aromatic N) is 1. The first-order valence-electron chi connectivity index (χ1n) is 8.35. The Hall–Kier alpha value is -1.44. The molecule has 1 atom stereocenters. The summed E-state index contributed by atoms with van der Waals surface area (Å²) >= 11 is 1.72. The number of methoxy groups -OCH3 is 2. The van der Waals surface area contributed by atoms with E-state index in [1.807, 2.05) is 25.3 Å². The van der Waals surface area contributed by atoms with Crippen molar-refractivity contribution in [1.29, 1.82) is 0 Å². The average Bonchev–Trinajstić information content (AvgIpc) is 2.63. The van der Waals surface area contributed by atoms with Crippen LogP contribution in [0.3, 0.4) is 0 Å². The van der Waals surface area contributed by atoms with Crippen molar-refractivity contribution in [3.63, 3.8) is 0 Å². The van der Waals surface area contributed by atoms with Crippen molar-refractivity contribution in [2.24, 2.45) is 0 Å². The van der Waals surface area contributed by atoms with E-state index >= 15 is 0 Å². The summed E-state index contributed by atoms with van der Waals surface area (Å²) in [4.78, 5) is 15.0. The summed E-state index contributed by atoms with van der Waals surface area (Å²) in [6.45, 7) is 4.68. The lowest BCUT2D eigenvalue weighted by Crippen LogP contribution is -2.49. The maximum atomic E-state index is 12.9. The summed E-state index contributed by atoms with van der Waals surface area (Å²) in [7, 11) is 3.11. The fourth-order valence-corrected chi connectivity index (χ4v) is 3.31. The first kappa shape index (κ1) is 19.9. The lowest BCUT2D eigenvalue weighted by atomic mass is 10.1. The number of hydrogen-bond donors (Lipinski definition) is 0. The Morgan fingerprint density at radius 2 is 1.84 bits per heavy atom. The maximum Gasteiger partial charge on any atom is 0.329 e. The summed E-state index contributed by atoms with van der Waals surface area (Å²) in [6, 6.07) is 3.36. The molecule has 1 aliphatic rings. The maximum absolute atomic E-state index is 12.9. The van der Waals surface area contributed by atoms with Crippen LogP contribution in [0.2, 0.25) is 0 Å². The van der Waals surface area contributed by atoms with Crippen LogP contribution in [0.25, 0.3) is 0 Å². The van der Waals surface area contributed by atoms with Crippen molar-refractivity contribution in [1.82, 2.24) is 4.90 Å². The number of carbonyl (C=O) groups excluding carboxylic acids is 1. The largest absolute Gasteiger partial charge is 0.493 e. The van der Waals surface area contributed by atoms with Crippen LogP contribution >= 0.6 is 11.8 Å². The van der Waals surface area contributed by atoms with Gasteiger partial charge in [0.25, 0.3) is 0 Å². The molecule has 1 heterocycles. The monoisotopic (exact) mass is 369 g/mol. The van der Waals surface area contributed by atoms with Gasteiger partial charge in [-0.3, -0.25) is 4.90 Å². The molecule has 6 nitrogen and oxygen atoms in total. The molecule has 0 aliphatic carbocycles. The zero-order chi connectivity index (χ0) is 18.2. The highest BCUT2D eigenvalue weighted by Gasteiger charge is 2.30. The summed E-state index contributed by atoms with van der Waals surface area (Å²) in [6.07, 6.45) is 2.77. The Kier molecular flexibility index (Phi) is 7.87. The summed E-state index contributed by atoms with van der Waals surface area (Å²) in [5.41, 5.74) is 0.973. The molecule has 0 N–H and O–H groups in total. The van der Waals surface area contributed by atoms with Crippen molar-refractivity contribution in [3.8, 4) is 17.2 Å². The zero-order valence-corrected chi connectivity index (χ0v) is 16.2. The molecular formula is C18H27NO5S. The summed E-state index contributed by atoms with van der Waals surface area (Å²) < 4.78 is 21.9. The van der Waals surface area contributed by atoms with Gasteiger partial charge in [-0.25, -0.2) is 4.79 Å². The van der Waals surface area contributed by atoms with E-state index in [4.69, 9.17) is 18.9 Å². The van der Waals surface area contributed by atoms with E-state index in [1.54, 1.807) is 26.0 Å². The molecule has 0 radical (unpaired) electrons. The second-order valence-corrected chi connectivity index (χ2v) is 6.85. The first-order valence-corrected chi connectivity index (χ1v) is 9.75. The first-order chi connectivity index (χ1) is 12.1. The number of thioether (sulfide) groups is 1. The highest BCUT2D eigenvalue weighted by molar-refractivity contribution is 7.98. The minimum Gasteiger partial charge on any atom is -0.493 e. The van der Waals surface area contributed by atoms with E-state index in [2.05, 4.69) is 4.90 Å². The minimum absolute atomic E-state index is 0.281. The molecule has 1 aromatic rings. The number of carbonyl (C=O) groups is 1. The van der Waals surface area contributed by atoms with Crippen molar-refractivity contribution in [2.45, 2.75) is 19.4 Å². The van der Waals surface area contributed by atoms with Crippen LogP contribution in [0.4, 0.5) is 0 Å². The van der Waals surface area contributed by atoms with Crippen LogP contribution in [0.15, 0.2) is 12.1 Å². The second-order valence-electron chi connectivity index (χ2n) is 5.87. The van der Waals surface area contributed by atoms with Gasteiger partial charge in [-0.05, 0) is 43.0 Å². The summed E-state index contributed by atoms with van der Waals surface area (Å²) in [5.74, 6) is 1.94. The molecule has 1 aliphatic heterocycles. The predicted octanol–water partition coefficient (Wildman–Crippen LogP) is 2.37. The van der Waals surface area contributed by atoms with Crippen molar-refractivity contribution >= 4 is 17.7 Å². The molecule has 0 amide bonds. The minimum atomic E-state index is -0.299. The van der Waals surface area contributed by atoms with E-state index in [0.29, 0.717) is 30.5 Å². The van der Waals surface area contributed by atoms with Crippen molar-refractivity contribution in [3.05, 3.63) is 17.7 Å². The number of morpholine rings is 1. The third-order valence-electron chi connectivity index (χ3n) is 4.16. The molecular weight excluding hydrogens is 342 g/mol. The van der Waals surface area contributed by atoms with E-state index < -0.39 is 0 Å². The number of benzene rings is 1. The van der Waals surface area contributed by atoms with E-state index in [0.717, 1.165) is 30.8 Å². The molecule has 2 rings (SSSR count). The molecule has 7 heteroatoms. The van der Waals surface area contributed by atoms with Crippen molar-refractivity contribution in [2.75, 3.05) is 52.5 Å². The number of hydrogen-bond acceptors (Lipinski definition) is 7. The van der Waals surface area contributed by atoms with Gasteiger partial charge in [0.1, 0.15) is 6.04 Å². The Bertz CT molecular complexity index is 550. The highest BCUT2D eigenvalue weighted by atomic mass is 32.2. The normalized spacial score (nSPS) is 16.3. The third kappa shape index (κ3) is 5.26. The average molecular weight is 369 g/mol. The second kappa shape index (κ2) is 9.89. The van der Waals surface area contributed by atoms with Crippen LogP contribution in [-0.4, -0.2) is 69.4 Å². The molecule has 0 saturated carbocycles. The number of ether oxygens (including phenoxy) is 4. The Morgan fingerprint density at radius 3 is 2.36 bits per heavy atom. The fraction of sp³-hybridized carbons (Fsp3) is 0.611. The van der Waals surface area contributed by atoms with Gasteiger partial charge in [0.05, 0.1) is 27.4 Å². The van der Waals surface area contributed by atoms with Crippen LogP contribution in [-0.2, 0) is 9.53 Å². The van der Waals surface area contributed by atoms with E-state index in [1.165, 1.54) is 0 Å². The molecule has 1 aromatic carbocycles. The van der Waals surface area contributed by atoms with Gasteiger partial charge in [-0.1, -0.05) is 0 Å². The molecule has 25 heavy (non-hydrogen) atoms. The SMILES string of the molecule is COc1cc(C)cc(OC)c1OC(=O)C(CCSC)N1CCOCC1. The van der Waals surface area contributed by atoms with Gasteiger partial charge in [0.2, 0.25) is 5.75 Å². The van der Waals surface area contributed by atoms with Gasteiger partial charge >= 0.3 is 5.97 Å². The predicted molar refractivity (Wildman–Crippen MR) is 99.1 cm³/mol. The third-order valence-corrected chi connectivity index (χ3v) is 4.81. The van der Waals surface area contributed by atoms with Crippen LogP contribution < -0.4 is 14.2 Å². The molecule has 1 unspecified atom stereocenters. The molecule has 140 valence electrons. The summed E-state index contributed by atoms with van der Waals surface area (Å²) in [5, 5.41) is 0. The van der Waals surface area contributed by atoms with E-state index in [9.17, 15) is 4.79 Å². The van der Waals surface area contributed by atoms with E-state index in [-0.39, 0.29) is 12.0 Å². The highest BCUT2D eigenvalue weighted by Crippen LogP contribution is 2.38. The van der Waals surface area contributed by atoms with Crippen LogP contribution in [0.1, 0.15) is 12.0 Å². The fourth-order valence-electron chi connectivity index (χ4n) is 2.85. The lowest BCUT2D eigenvalue weighted by Gasteiger charge is -2.33. The quantitative estimate of drug-likeness (QED) is 0.515. The number of rotatable bonds is 8. The van der Waals surface area contributed by atoms with Gasteiger partial charge in [-0.2, -0.15) is 11.8 Å². The number of aryl methyl sites for hydroxylation is 1. The van der Waals surface area contributed by atoms with Gasteiger partial charge in [0.15, 0.2) is 11.5 Å². The van der Waals surface area contributed by atoms with Crippen LogP contribution in [0, 0.1) is 6.92 Å². The van der Waals surface area contributed by atoms with Gasteiger partial charge < -0.3 is 18.9 Å². The molecule has 0 spiro atoms. The Labute approximate surface area is 153 Å². The van der Waals surface area contributed by atoms with Crippen LogP contribution in [0.5, 0.6) is 17.2 Å². The standard InChI is InChI=1S/C18H27NO5S/c1-13-11-15(21-2)17(16(12-13)22-3)24-18(20)14(5-10-25-4)19-6-8-23-9-7-19/h11-12,14H,5-10H2,1-4H3. The molecule has 0 aromatic heterocycles. The smallest absolute Gasteiger partial charge is 0.329 e. The zero-order valence-electron chi connectivity index (χ0n) is 15.4. The molecule has 1 saturated heterocycles. The number of esters is 1. The Morgan fingerprint density at radius 1 is 1.24 bits per heavy atom. The molecule has 1 fully saturated rings.